The van der Waals surface area contributed by atoms with Crippen LogP contribution >= 0.6 is 15.9 Å². The second-order valence-electron chi connectivity index (χ2n) is 3.93. The third kappa shape index (κ3) is 3.55. The highest BCUT2D eigenvalue weighted by molar-refractivity contribution is 9.10. The lowest BCUT2D eigenvalue weighted by atomic mass is 10.2. The summed E-state index contributed by atoms with van der Waals surface area (Å²) in [4.78, 5) is 4.24. The molecule has 94 valence electrons. The molecule has 0 spiro atoms. The van der Waals surface area contributed by atoms with Gasteiger partial charge in [-0.1, -0.05) is 28.1 Å². The van der Waals surface area contributed by atoms with Crippen LogP contribution in [0.2, 0.25) is 0 Å². The molecular formula is C14H15BrN2O. The summed E-state index contributed by atoms with van der Waals surface area (Å²) in [5, 5.41) is 0. The molecule has 1 aromatic heterocycles. The van der Waals surface area contributed by atoms with Crippen LogP contribution in [0, 0.1) is 0 Å². The number of hydrogen-bond acceptors (Lipinski definition) is 3. The minimum Gasteiger partial charge on any atom is -0.398 e. The molecule has 4 heteroatoms. The lowest BCUT2D eigenvalue weighted by Gasteiger charge is -2.09. The van der Waals surface area contributed by atoms with E-state index in [9.17, 15) is 0 Å². The highest BCUT2D eigenvalue weighted by Crippen LogP contribution is 2.23. The van der Waals surface area contributed by atoms with Gasteiger partial charge < -0.3 is 10.5 Å². The second kappa shape index (κ2) is 6.52. The Morgan fingerprint density at radius 3 is 2.78 bits per heavy atom. The molecule has 0 amide bonds. The Hall–Kier alpha value is -1.39. The number of ether oxygens (including phenoxy) is 1. The van der Waals surface area contributed by atoms with Crippen LogP contribution in [-0.2, 0) is 17.8 Å². The zero-order valence-corrected chi connectivity index (χ0v) is 11.6. The van der Waals surface area contributed by atoms with Crippen molar-refractivity contribution in [3.8, 4) is 0 Å². The maximum Gasteiger partial charge on any atom is 0.0748 e. The van der Waals surface area contributed by atoms with Gasteiger partial charge in [-0.3, -0.25) is 4.98 Å². The van der Waals surface area contributed by atoms with Crippen LogP contribution < -0.4 is 5.73 Å². The molecule has 0 saturated carbocycles. The first-order valence-electron chi connectivity index (χ1n) is 5.78. The van der Waals surface area contributed by atoms with E-state index in [-0.39, 0.29) is 0 Å². The third-order valence-corrected chi connectivity index (χ3v) is 3.37. The molecule has 0 fully saturated rings. The van der Waals surface area contributed by atoms with E-state index in [1.165, 1.54) is 0 Å². The van der Waals surface area contributed by atoms with Crippen molar-refractivity contribution >= 4 is 21.6 Å². The van der Waals surface area contributed by atoms with Gasteiger partial charge in [0.2, 0.25) is 0 Å². The number of hydrogen-bond donors (Lipinski definition) is 1. The van der Waals surface area contributed by atoms with E-state index in [0.717, 1.165) is 27.8 Å². The maximum atomic E-state index is 5.89. The van der Waals surface area contributed by atoms with Gasteiger partial charge in [0.15, 0.2) is 0 Å². The summed E-state index contributed by atoms with van der Waals surface area (Å²) in [5.41, 5.74) is 8.68. The summed E-state index contributed by atoms with van der Waals surface area (Å²) >= 11 is 3.47. The van der Waals surface area contributed by atoms with Gasteiger partial charge in [0.1, 0.15) is 0 Å². The fraction of sp³-hybridized carbons (Fsp3) is 0.214. The first kappa shape index (κ1) is 13.1. The number of nitrogens with two attached hydrogens (primary N) is 1. The molecule has 2 rings (SSSR count). The number of anilines is 1. The number of nitrogens with zero attached hydrogens (tertiary/aromatic N) is 1. The molecule has 0 atom stereocenters. The van der Waals surface area contributed by atoms with Gasteiger partial charge in [0.25, 0.3) is 0 Å². The summed E-state index contributed by atoms with van der Waals surface area (Å²) < 4.78 is 6.62. The van der Waals surface area contributed by atoms with Crippen LogP contribution in [0.1, 0.15) is 11.3 Å². The monoisotopic (exact) mass is 306 g/mol. The fourth-order valence-corrected chi connectivity index (χ4v) is 2.12. The highest BCUT2D eigenvalue weighted by Gasteiger charge is 2.04. The van der Waals surface area contributed by atoms with E-state index in [2.05, 4.69) is 20.9 Å². The van der Waals surface area contributed by atoms with Gasteiger partial charge >= 0.3 is 0 Å². The first-order valence-corrected chi connectivity index (χ1v) is 6.57. The zero-order valence-electron chi connectivity index (χ0n) is 9.97. The van der Waals surface area contributed by atoms with Crippen molar-refractivity contribution < 1.29 is 4.74 Å². The summed E-state index contributed by atoms with van der Waals surface area (Å²) in [5.74, 6) is 0. The molecule has 3 nitrogen and oxygen atoms in total. The Balaban J connectivity index is 1.82. The molecule has 0 aliphatic carbocycles. The van der Waals surface area contributed by atoms with Crippen LogP contribution in [0.25, 0.3) is 0 Å². The standard InChI is InChI=1S/C14H15BrN2O/c15-13-5-3-6-14(16)12(13)10-18-9-7-11-4-1-2-8-17-11/h1-6,8H,7,9-10,16H2. The minimum atomic E-state index is 0.514. The molecule has 18 heavy (non-hydrogen) atoms. The normalized spacial score (nSPS) is 10.5. The van der Waals surface area contributed by atoms with E-state index < -0.39 is 0 Å². The summed E-state index contributed by atoms with van der Waals surface area (Å²) in [7, 11) is 0. The average Bonchev–Trinajstić information content (AvgIpc) is 2.38. The Kier molecular flexibility index (Phi) is 4.73. The molecule has 1 heterocycles. The number of benzene rings is 1. The largest absolute Gasteiger partial charge is 0.398 e. The molecule has 2 N–H and O–H groups in total. The van der Waals surface area contributed by atoms with Gasteiger partial charge in [0.05, 0.1) is 13.2 Å². The van der Waals surface area contributed by atoms with E-state index in [0.29, 0.717) is 13.2 Å². The molecule has 0 aliphatic heterocycles. The van der Waals surface area contributed by atoms with Gasteiger partial charge in [-0.15, -0.1) is 0 Å². The second-order valence-corrected chi connectivity index (χ2v) is 4.79. The third-order valence-electron chi connectivity index (χ3n) is 2.63. The van der Waals surface area contributed by atoms with E-state index in [4.69, 9.17) is 10.5 Å². The molecule has 0 saturated heterocycles. The number of aromatic nitrogens is 1. The van der Waals surface area contributed by atoms with E-state index >= 15 is 0 Å². The van der Waals surface area contributed by atoms with Crippen LogP contribution in [0.4, 0.5) is 5.69 Å². The number of pyridine rings is 1. The van der Waals surface area contributed by atoms with E-state index in [1.807, 2.05) is 36.4 Å². The molecule has 1 aromatic carbocycles. The summed E-state index contributed by atoms with van der Waals surface area (Å²) in [6.07, 6.45) is 2.60. The zero-order chi connectivity index (χ0) is 12.8. The molecule has 0 bridgehead atoms. The van der Waals surface area contributed by atoms with Crippen molar-refractivity contribution in [1.82, 2.24) is 4.98 Å². The predicted octanol–water partition coefficient (Wildman–Crippen LogP) is 3.19. The van der Waals surface area contributed by atoms with Gasteiger partial charge in [-0.05, 0) is 24.3 Å². The lowest BCUT2D eigenvalue weighted by Crippen LogP contribution is -2.03. The maximum absolute atomic E-state index is 5.89. The smallest absolute Gasteiger partial charge is 0.0748 e. The van der Waals surface area contributed by atoms with Crippen LogP contribution in [0.3, 0.4) is 0 Å². The van der Waals surface area contributed by atoms with Crippen molar-refractivity contribution in [2.24, 2.45) is 0 Å². The van der Waals surface area contributed by atoms with Crippen molar-refractivity contribution in [3.63, 3.8) is 0 Å². The number of nitrogen functional groups attached to an aromatic ring is 1. The fourth-order valence-electron chi connectivity index (χ4n) is 1.62. The van der Waals surface area contributed by atoms with Crippen molar-refractivity contribution in [2.75, 3.05) is 12.3 Å². The van der Waals surface area contributed by atoms with Gasteiger partial charge in [0, 0.05) is 34.0 Å². The number of halogens is 1. The first-order chi connectivity index (χ1) is 8.77. The van der Waals surface area contributed by atoms with Gasteiger partial charge in [-0.25, -0.2) is 0 Å². The SMILES string of the molecule is Nc1cccc(Br)c1COCCc1ccccn1. The Bertz CT molecular complexity index is 482. The topological polar surface area (TPSA) is 48.1 Å². The average molecular weight is 307 g/mol. The van der Waals surface area contributed by atoms with Crippen molar-refractivity contribution in [2.45, 2.75) is 13.0 Å². The Labute approximate surface area is 115 Å². The molecule has 0 unspecified atom stereocenters. The predicted molar refractivity (Wildman–Crippen MR) is 76.2 cm³/mol. The van der Waals surface area contributed by atoms with Crippen LogP contribution in [0.15, 0.2) is 47.1 Å². The van der Waals surface area contributed by atoms with Crippen LogP contribution in [0.5, 0.6) is 0 Å². The Morgan fingerprint density at radius 1 is 1.17 bits per heavy atom. The number of rotatable bonds is 5. The summed E-state index contributed by atoms with van der Waals surface area (Å²) in [6.45, 7) is 1.15. The molecular weight excluding hydrogens is 292 g/mol. The van der Waals surface area contributed by atoms with E-state index in [1.54, 1.807) is 6.20 Å². The minimum absolute atomic E-state index is 0.514. The van der Waals surface area contributed by atoms with Crippen LogP contribution in [-0.4, -0.2) is 11.6 Å². The van der Waals surface area contributed by atoms with Crippen molar-refractivity contribution in [1.29, 1.82) is 0 Å². The lowest BCUT2D eigenvalue weighted by molar-refractivity contribution is 0.123. The van der Waals surface area contributed by atoms with Crippen molar-refractivity contribution in [3.05, 3.63) is 58.3 Å². The summed E-state index contributed by atoms with van der Waals surface area (Å²) in [6, 6.07) is 11.6. The molecule has 2 aromatic rings. The molecule has 0 radical (unpaired) electrons. The Morgan fingerprint density at radius 2 is 2.06 bits per heavy atom. The quantitative estimate of drug-likeness (QED) is 0.682. The van der Waals surface area contributed by atoms with Gasteiger partial charge in [-0.2, -0.15) is 0 Å². The highest BCUT2D eigenvalue weighted by atomic mass is 79.9. The molecule has 0 aliphatic rings.